The third-order valence-corrected chi connectivity index (χ3v) is 9.78. The van der Waals surface area contributed by atoms with E-state index in [2.05, 4.69) is 83.6 Å². The third kappa shape index (κ3) is 4.16. The van der Waals surface area contributed by atoms with E-state index in [1.54, 1.807) is 0 Å². The van der Waals surface area contributed by atoms with Gasteiger partial charge in [-0.2, -0.15) is 0 Å². The summed E-state index contributed by atoms with van der Waals surface area (Å²) in [5.74, 6) is 0.455. The molecule has 0 fully saturated rings. The van der Waals surface area contributed by atoms with Crippen LogP contribution in [-0.2, 0) is 32.1 Å². The van der Waals surface area contributed by atoms with Gasteiger partial charge in [0.05, 0.1) is 22.8 Å². The molecule has 41 heavy (non-hydrogen) atoms. The maximum absolute atomic E-state index is 5.44. The van der Waals surface area contributed by atoms with Gasteiger partial charge in [-0.15, -0.1) is 0 Å². The zero-order chi connectivity index (χ0) is 29.0. The van der Waals surface area contributed by atoms with Gasteiger partial charge in [-0.1, -0.05) is 55.4 Å². The summed E-state index contributed by atoms with van der Waals surface area (Å²) < 4.78 is 0. The predicted octanol–water partition coefficient (Wildman–Crippen LogP) is 9.81. The summed E-state index contributed by atoms with van der Waals surface area (Å²) in [6.07, 6.45) is 7.98. The van der Waals surface area contributed by atoms with Crippen LogP contribution in [0.2, 0.25) is 0 Å². The minimum Gasteiger partial charge on any atom is -0.355 e. The summed E-state index contributed by atoms with van der Waals surface area (Å²) in [6.45, 7) is 18.4. The number of fused-ring (bicyclic) bond motifs is 8. The van der Waals surface area contributed by atoms with Gasteiger partial charge in [0.1, 0.15) is 0 Å². The standard InChI is InChI=1S/C37H46N4/c1-9-21-23(11-3)31-18-33-25(13-5)26(14-6)36(40-33)28-16-20(8)35-27(15-7)34(41-37(28)35)19-32-24(12-4)22(10-2)30(39-32)17-29(21)38-31/h17-20,38-39H,9-16H2,1-8H3/t20-/m0/s1. The molecule has 3 aromatic heterocycles. The van der Waals surface area contributed by atoms with Crippen LogP contribution in [0.1, 0.15) is 125 Å². The molecule has 3 aromatic rings. The molecule has 0 radical (unpaired) electrons. The van der Waals surface area contributed by atoms with Gasteiger partial charge in [0, 0.05) is 27.6 Å². The molecule has 6 rings (SSSR count). The highest BCUT2D eigenvalue weighted by atomic mass is 14.8. The minimum atomic E-state index is 0.455. The van der Waals surface area contributed by atoms with Crippen LogP contribution in [0, 0.1) is 5.92 Å². The molecule has 1 atom stereocenters. The number of H-pyrrole nitrogens is 2. The van der Waals surface area contributed by atoms with Crippen molar-refractivity contribution in [2.45, 2.75) is 107 Å². The number of aryl methyl sites for hydroxylation is 4. The van der Waals surface area contributed by atoms with E-state index in [9.17, 15) is 0 Å². The molecule has 0 unspecified atom stereocenters. The molecule has 4 nitrogen and oxygen atoms in total. The molecule has 4 heteroatoms. The van der Waals surface area contributed by atoms with E-state index in [4.69, 9.17) is 9.97 Å². The van der Waals surface area contributed by atoms with Crippen LogP contribution in [0.3, 0.4) is 0 Å². The van der Waals surface area contributed by atoms with E-state index in [0.717, 1.165) is 62.8 Å². The molecule has 0 saturated carbocycles. The Morgan fingerprint density at radius 1 is 0.561 bits per heavy atom. The highest BCUT2D eigenvalue weighted by molar-refractivity contribution is 6.00. The third-order valence-electron chi connectivity index (χ3n) is 9.78. The molecule has 0 amide bonds. The Labute approximate surface area is 245 Å². The maximum Gasteiger partial charge on any atom is 0.0729 e. The summed E-state index contributed by atoms with van der Waals surface area (Å²) in [5.41, 5.74) is 22.2. The molecule has 0 aromatic carbocycles. The molecule has 1 aliphatic carbocycles. The SMILES string of the molecule is CCC1=C(CC)c2nc1cc1[nH]c(cc3[nH]c(cc4nc5c2C[C@H](C)C5=C4CC)c(CC)c3CC)c(CC)c1CC. The van der Waals surface area contributed by atoms with E-state index >= 15 is 0 Å². The lowest BCUT2D eigenvalue weighted by molar-refractivity contribution is 0.776. The van der Waals surface area contributed by atoms with Crippen LogP contribution in [-0.4, -0.2) is 19.9 Å². The van der Waals surface area contributed by atoms with Crippen LogP contribution in [0.4, 0.5) is 0 Å². The van der Waals surface area contributed by atoms with Crippen molar-refractivity contribution in [2.75, 3.05) is 0 Å². The number of hydrogen-bond acceptors (Lipinski definition) is 2. The highest BCUT2D eigenvalue weighted by Crippen LogP contribution is 2.48. The Kier molecular flexibility index (Phi) is 7.30. The van der Waals surface area contributed by atoms with E-state index in [1.165, 1.54) is 83.6 Å². The average Bonchev–Trinajstić information content (AvgIpc) is 3.75. The first-order valence-corrected chi connectivity index (χ1v) is 16.2. The largest absolute Gasteiger partial charge is 0.355 e. The summed E-state index contributed by atoms with van der Waals surface area (Å²) >= 11 is 0. The van der Waals surface area contributed by atoms with E-state index in [-0.39, 0.29) is 0 Å². The summed E-state index contributed by atoms with van der Waals surface area (Å²) in [4.78, 5) is 18.6. The van der Waals surface area contributed by atoms with Crippen LogP contribution < -0.4 is 0 Å². The first kappa shape index (κ1) is 27.8. The van der Waals surface area contributed by atoms with Crippen molar-refractivity contribution >= 4 is 44.4 Å². The zero-order valence-corrected chi connectivity index (χ0v) is 26.4. The van der Waals surface area contributed by atoms with Crippen molar-refractivity contribution in [2.24, 2.45) is 5.92 Å². The van der Waals surface area contributed by atoms with Crippen molar-refractivity contribution in [1.29, 1.82) is 0 Å². The summed E-state index contributed by atoms with van der Waals surface area (Å²) in [6, 6.07) is 7.05. The van der Waals surface area contributed by atoms with Crippen LogP contribution in [0.25, 0.3) is 44.4 Å². The fraction of sp³-hybridized carbons (Fsp3) is 0.459. The van der Waals surface area contributed by atoms with Crippen molar-refractivity contribution in [1.82, 2.24) is 19.9 Å². The van der Waals surface area contributed by atoms with Crippen LogP contribution >= 0.6 is 0 Å². The van der Waals surface area contributed by atoms with Gasteiger partial charge < -0.3 is 9.97 Å². The Morgan fingerprint density at radius 2 is 1.00 bits per heavy atom. The Bertz CT molecular complexity index is 1770. The monoisotopic (exact) mass is 546 g/mol. The fourth-order valence-corrected chi connectivity index (χ4v) is 7.96. The van der Waals surface area contributed by atoms with Gasteiger partial charge in [0.15, 0.2) is 0 Å². The second-order valence-electron chi connectivity index (χ2n) is 11.9. The summed E-state index contributed by atoms with van der Waals surface area (Å²) in [7, 11) is 0. The lowest BCUT2D eigenvalue weighted by Gasteiger charge is -2.07. The topological polar surface area (TPSA) is 57.4 Å². The van der Waals surface area contributed by atoms with Gasteiger partial charge in [-0.3, -0.25) is 0 Å². The van der Waals surface area contributed by atoms with Crippen molar-refractivity contribution < 1.29 is 0 Å². The molecule has 0 spiro atoms. The fourth-order valence-electron chi connectivity index (χ4n) is 7.96. The van der Waals surface area contributed by atoms with Crippen molar-refractivity contribution in [3.63, 3.8) is 0 Å². The second kappa shape index (κ2) is 10.8. The molecular weight excluding hydrogens is 500 g/mol. The number of allylic oxidation sites excluding steroid dienone is 4. The Hall–Kier alpha value is -3.40. The Balaban J connectivity index is 1.86. The van der Waals surface area contributed by atoms with Gasteiger partial charge >= 0.3 is 0 Å². The van der Waals surface area contributed by atoms with Crippen LogP contribution in [0.15, 0.2) is 18.2 Å². The molecule has 3 aliphatic rings. The molecule has 2 aliphatic heterocycles. The number of aromatic nitrogens is 4. The first-order chi connectivity index (χ1) is 19.9. The van der Waals surface area contributed by atoms with E-state index < -0.39 is 0 Å². The van der Waals surface area contributed by atoms with E-state index in [1.807, 2.05) is 0 Å². The van der Waals surface area contributed by atoms with Gasteiger partial charge in [-0.05, 0) is 120 Å². The van der Waals surface area contributed by atoms with Gasteiger partial charge in [0.25, 0.3) is 0 Å². The van der Waals surface area contributed by atoms with Gasteiger partial charge in [-0.25, -0.2) is 9.97 Å². The van der Waals surface area contributed by atoms with Crippen molar-refractivity contribution in [3.8, 4) is 0 Å². The minimum absolute atomic E-state index is 0.455. The average molecular weight is 547 g/mol. The molecule has 2 N–H and O–H groups in total. The number of nitrogens with one attached hydrogen (secondary N) is 2. The first-order valence-electron chi connectivity index (χ1n) is 16.2. The molecule has 8 bridgehead atoms. The maximum atomic E-state index is 5.44. The number of rotatable bonds is 7. The molecule has 214 valence electrons. The number of nitrogens with zero attached hydrogens (tertiary/aromatic N) is 2. The molecular formula is C37H46N4. The lowest BCUT2D eigenvalue weighted by Crippen LogP contribution is -1.96. The number of hydrogen-bond donors (Lipinski definition) is 2. The van der Waals surface area contributed by atoms with Crippen LogP contribution in [0.5, 0.6) is 0 Å². The zero-order valence-electron chi connectivity index (χ0n) is 26.4. The quantitative estimate of drug-likeness (QED) is 0.310. The lowest BCUT2D eigenvalue weighted by atomic mass is 9.95. The second-order valence-corrected chi connectivity index (χ2v) is 11.9. The smallest absolute Gasteiger partial charge is 0.0729 e. The van der Waals surface area contributed by atoms with Crippen molar-refractivity contribution in [3.05, 3.63) is 68.8 Å². The normalized spacial score (nSPS) is 16.4. The predicted molar refractivity (Wildman–Crippen MR) is 176 cm³/mol. The molecule has 0 saturated heterocycles. The van der Waals surface area contributed by atoms with E-state index in [0.29, 0.717) is 5.92 Å². The molecule has 5 heterocycles. The Morgan fingerprint density at radius 3 is 1.46 bits per heavy atom. The highest BCUT2D eigenvalue weighted by Gasteiger charge is 2.35. The summed E-state index contributed by atoms with van der Waals surface area (Å²) in [5, 5.41) is 0. The number of aromatic amines is 2. The van der Waals surface area contributed by atoms with Gasteiger partial charge in [0.2, 0.25) is 0 Å².